The van der Waals surface area contributed by atoms with Crippen LogP contribution in [0.1, 0.15) is 18.9 Å². The normalized spacial score (nSPS) is 23.2. The topological polar surface area (TPSA) is 38.2 Å². The lowest BCUT2D eigenvalue weighted by molar-refractivity contribution is 0.0497. The van der Waals surface area contributed by atoms with Gasteiger partial charge in [0.05, 0.1) is 11.6 Å². The fraction of sp³-hybridized carbons (Fsp3) is 0.500. The first-order valence-electron chi connectivity index (χ1n) is 7.18. The fourth-order valence-electron chi connectivity index (χ4n) is 3.03. The van der Waals surface area contributed by atoms with Crippen LogP contribution in [0.3, 0.4) is 0 Å². The van der Waals surface area contributed by atoms with Crippen molar-refractivity contribution >= 4 is 16.7 Å². The lowest BCUT2D eigenvalue weighted by Gasteiger charge is -2.37. The SMILES string of the molecule is COC1CN(c2ncnc3cccc(C)c23)CCC1C. The zero-order valence-corrected chi connectivity index (χ0v) is 12.3. The molecule has 2 heterocycles. The molecule has 0 amide bonds. The number of aryl methyl sites for hydroxylation is 1. The number of ether oxygens (including phenoxy) is 1. The lowest BCUT2D eigenvalue weighted by Crippen LogP contribution is -2.44. The molecule has 0 bridgehead atoms. The number of methoxy groups -OCH3 is 1. The first-order valence-corrected chi connectivity index (χ1v) is 7.18. The Hall–Kier alpha value is -1.68. The van der Waals surface area contributed by atoms with E-state index in [2.05, 4.69) is 34.8 Å². The second-order valence-electron chi connectivity index (χ2n) is 5.65. The summed E-state index contributed by atoms with van der Waals surface area (Å²) in [6.45, 7) is 6.31. The molecule has 106 valence electrons. The van der Waals surface area contributed by atoms with Crippen molar-refractivity contribution in [2.75, 3.05) is 25.1 Å². The lowest BCUT2D eigenvalue weighted by atomic mass is 9.95. The van der Waals surface area contributed by atoms with Crippen molar-refractivity contribution in [3.8, 4) is 0 Å². The minimum Gasteiger partial charge on any atom is -0.379 e. The van der Waals surface area contributed by atoms with Gasteiger partial charge in [0.1, 0.15) is 12.1 Å². The van der Waals surface area contributed by atoms with E-state index in [-0.39, 0.29) is 6.10 Å². The standard InChI is InChI=1S/C16H21N3O/c1-11-7-8-19(9-14(11)20-3)16-15-12(2)5-4-6-13(15)17-10-18-16/h4-6,10-11,14H,7-9H2,1-3H3. The van der Waals surface area contributed by atoms with E-state index < -0.39 is 0 Å². The molecule has 0 N–H and O–H groups in total. The van der Waals surface area contributed by atoms with Gasteiger partial charge in [-0.2, -0.15) is 0 Å². The maximum atomic E-state index is 5.61. The highest BCUT2D eigenvalue weighted by atomic mass is 16.5. The van der Waals surface area contributed by atoms with Gasteiger partial charge in [-0.15, -0.1) is 0 Å². The number of nitrogens with zero attached hydrogens (tertiary/aromatic N) is 3. The van der Waals surface area contributed by atoms with Gasteiger partial charge in [0.2, 0.25) is 0 Å². The maximum absolute atomic E-state index is 5.61. The molecule has 2 atom stereocenters. The van der Waals surface area contributed by atoms with Crippen molar-refractivity contribution in [2.24, 2.45) is 5.92 Å². The van der Waals surface area contributed by atoms with Crippen LogP contribution in [0.5, 0.6) is 0 Å². The molecule has 1 aromatic heterocycles. The highest BCUT2D eigenvalue weighted by Crippen LogP contribution is 2.30. The maximum Gasteiger partial charge on any atom is 0.140 e. The Kier molecular flexibility index (Phi) is 3.57. The van der Waals surface area contributed by atoms with Crippen LogP contribution in [0.2, 0.25) is 0 Å². The van der Waals surface area contributed by atoms with Crippen molar-refractivity contribution in [1.29, 1.82) is 0 Å². The predicted molar refractivity (Wildman–Crippen MR) is 81.1 cm³/mol. The van der Waals surface area contributed by atoms with Crippen LogP contribution in [0.15, 0.2) is 24.5 Å². The summed E-state index contributed by atoms with van der Waals surface area (Å²) >= 11 is 0. The van der Waals surface area contributed by atoms with Gasteiger partial charge in [-0.1, -0.05) is 19.1 Å². The summed E-state index contributed by atoms with van der Waals surface area (Å²) in [5, 5.41) is 1.17. The van der Waals surface area contributed by atoms with Crippen molar-refractivity contribution in [3.05, 3.63) is 30.1 Å². The van der Waals surface area contributed by atoms with Crippen LogP contribution >= 0.6 is 0 Å². The molecule has 0 aliphatic carbocycles. The Bertz CT molecular complexity index is 608. The zero-order valence-electron chi connectivity index (χ0n) is 12.3. The van der Waals surface area contributed by atoms with E-state index in [4.69, 9.17) is 4.74 Å². The van der Waals surface area contributed by atoms with E-state index in [9.17, 15) is 0 Å². The second-order valence-corrected chi connectivity index (χ2v) is 5.65. The molecule has 1 aliphatic heterocycles. The third-order valence-corrected chi connectivity index (χ3v) is 4.34. The van der Waals surface area contributed by atoms with Gasteiger partial charge >= 0.3 is 0 Å². The molecule has 1 saturated heterocycles. The van der Waals surface area contributed by atoms with Crippen LogP contribution < -0.4 is 4.90 Å². The minimum absolute atomic E-state index is 0.276. The molecule has 2 aromatic rings. The van der Waals surface area contributed by atoms with E-state index in [0.717, 1.165) is 30.8 Å². The predicted octanol–water partition coefficient (Wildman–Crippen LogP) is 2.80. The molecule has 20 heavy (non-hydrogen) atoms. The van der Waals surface area contributed by atoms with Gasteiger partial charge in [-0.05, 0) is 30.9 Å². The molecule has 1 fully saturated rings. The Balaban J connectivity index is 2.02. The highest BCUT2D eigenvalue weighted by Gasteiger charge is 2.27. The van der Waals surface area contributed by atoms with E-state index in [1.165, 1.54) is 10.9 Å². The van der Waals surface area contributed by atoms with Gasteiger partial charge in [0, 0.05) is 25.6 Å². The van der Waals surface area contributed by atoms with Crippen LogP contribution in [0, 0.1) is 12.8 Å². The molecule has 0 spiro atoms. The van der Waals surface area contributed by atoms with Crippen molar-refractivity contribution in [3.63, 3.8) is 0 Å². The smallest absolute Gasteiger partial charge is 0.140 e. The van der Waals surface area contributed by atoms with Crippen LogP contribution in [-0.4, -0.2) is 36.3 Å². The van der Waals surface area contributed by atoms with Gasteiger partial charge in [0.25, 0.3) is 0 Å². The van der Waals surface area contributed by atoms with E-state index in [0.29, 0.717) is 5.92 Å². The molecule has 2 unspecified atom stereocenters. The molecule has 4 heteroatoms. The molecular formula is C16H21N3O. The molecule has 1 aromatic carbocycles. The first-order chi connectivity index (χ1) is 9.70. The monoisotopic (exact) mass is 271 g/mol. The zero-order chi connectivity index (χ0) is 14.1. The van der Waals surface area contributed by atoms with Gasteiger partial charge in [-0.3, -0.25) is 0 Å². The number of fused-ring (bicyclic) bond motifs is 1. The summed E-state index contributed by atoms with van der Waals surface area (Å²) in [5.74, 6) is 1.65. The van der Waals surface area contributed by atoms with Crippen molar-refractivity contribution in [2.45, 2.75) is 26.4 Å². The molecule has 4 nitrogen and oxygen atoms in total. The summed E-state index contributed by atoms with van der Waals surface area (Å²) in [5.41, 5.74) is 2.24. The quantitative estimate of drug-likeness (QED) is 0.842. The van der Waals surface area contributed by atoms with Crippen LogP contribution in [0.4, 0.5) is 5.82 Å². The van der Waals surface area contributed by atoms with Crippen molar-refractivity contribution < 1.29 is 4.74 Å². The summed E-state index contributed by atoms with van der Waals surface area (Å²) < 4.78 is 5.61. The highest BCUT2D eigenvalue weighted by molar-refractivity contribution is 5.92. The molecule has 0 radical (unpaired) electrons. The van der Waals surface area contributed by atoms with E-state index in [1.54, 1.807) is 13.4 Å². The first kappa shape index (κ1) is 13.3. The van der Waals surface area contributed by atoms with Gasteiger partial charge < -0.3 is 9.64 Å². The Labute approximate surface area is 119 Å². The van der Waals surface area contributed by atoms with Crippen molar-refractivity contribution in [1.82, 2.24) is 9.97 Å². The number of hydrogen-bond donors (Lipinski definition) is 0. The summed E-state index contributed by atoms with van der Waals surface area (Å²) in [7, 11) is 1.80. The summed E-state index contributed by atoms with van der Waals surface area (Å²) in [4.78, 5) is 11.3. The Morgan fingerprint density at radius 1 is 1.30 bits per heavy atom. The molecular weight excluding hydrogens is 250 g/mol. The molecule has 1 aliphatic rings. The van der Waals surface area contributed by atoms with E-state index >= 15 is 0 Å². The third kappa shape index (κ3) is 2.24. The Morgan fingerprint density at radius 2 is 2.15 bits per heavy atom. The van der Waals surface area contributed by atoms with Crippen LogP contribution in [0.25, 0.3) is 10.9 Å². The number of aromatic nitrogens is 2. The number of hydrogen-bond acceptors (Lipinski definition) is 4. The largest absolute Gasteiger partial charge is 0.379 e. The third-order valence-electron chi connectivity index (χ3n) is 4.34. The number of piperidine rings is 1. The average Bonchev–Trinajstić information content (AvgIpc) is 2.47. The average molecular weight is 271 g/mol. The number of anilines is 1. The minimum atomic E-state index is 0.276. The van der Waals surface area contributed by atoms with Gasteiger partial charge in [-0.25, -0.2) is 9.97 Å². The summed E-state index contributed by atoms with van der Waals surface area (Å²) in [6.07, 6.45) is 3.07. The molecule has 3 rings (SSSR count). The van der Waals surface area contributed by atoms with Gasteiger partial charge in [0.15, 0.2) is 0 Å². The van der Waals surface area contributed by atoms with E-state index in [1.807, 2.05) is 12.1 Å². The number of benzene rings is 1. The summed E-state index contributed by atoms with van der Waals surface area (Å²) in [6, 6.07) is 6.22. The van der Waals surface area contributed by atoms with Crippen LogP contribution in [-0.2, 0) is 4.74 Å². The number of rotatable bonds is 2. The fourth-order valence-corrected chi connectivity index (χ4v) is 3.03. The second kappa shape index (κ2) is 5.37. The molecule has 0 saturated carbocycles. The Morgan fingerprint density at radius 3 is 2.95 bits per heavy atom.